The van der Waals surface area contributed by atoms with E-state index >= 15 is 0 Å². The van der Waals surface area contributed by atoms with Gasteiger partial charge in [0.1, 0.15) is 0 Å². The van der Waals surface area contributed by atoms with E-state index in [1.165, 1.54) is 0 Å². The van der Waals surface area contributed by atoms with Gasteiger partial charge in [0.2, 0.25) is 5.91 Å². The molecular formula is C16H23ClN4O2. The van der Waals surface area contributed by atoms with E-state index in [4.69, 9.17) is 17.3 Å². The fourth-order valence-electron chi connectivity index (χ4n) is 2.70. The summed E-state index contributed by atoms with van der Waals surface area (Å²) in [6.45, 7) is 4.76. The van der Waals surface area contributed by atoms with E-state index in [2.05, 4.69) is 5.32 Å². The number of carbonyl (C=O) groups is 2. The predicted molar refractivity (Wildman–Crippen MR) is 90.1 cm³/mol. The van der Waals surface area contributed by atoms with E-state index in [9.17, 15) is 9.59 Å². The summed E-state index contributed by atoms with van der Waals surface area (Å²) in [5, 5.41) is 3.67. The molecule has 3 amide bonds. The number of carbonyl (C=O) groups excluding carboxylic acids is 2. The summed E-state index contributed by atoms with van der Waals surface area (Å²) in [4.78, 5) is 26.9. The van der Waals surface area contributed by atoms with Crippen molar-refractivity contribution < 1.29 is 9.59 Å². The highest BCUT2D eigenvalue weighted by Gasteiger charge is 2.26. The van der Waals surface area contributed by atoms with Crippen LogP contribution in [0, 0.1) is 0 Å². The molecule has 1 atom stereocenters. The molecule has 0 aliphatic carbocycles. The lowest BCUT2D eigenvalue weighted by atomic mass is 10.2. The van der Waals surface area contributed by atoms with Gasteiger partial charge in [0, 0.05) is 30.7 Å². The Bertz CT molecular complexity index is 567. The summed E-state index contributed by atoms with van der Waals surface area (Å²) < 4.78 is 0. The van der Waals surface area contributed by atoms with Gasteiger partial charge < -0.3 is 16.0 Å². The summed E-state index contributed by atoms with van der Waals surface area (Å²) in [6, 6.07) is 7.18. The van der Waals surface area contributed by atoms with Crippen LogP contribution >= 0.6 is 11.6 Å². The molecule has 1 aromatic rings. The first-order chi connectivity index (χ1) is 11.0. The van der Waals surface area contributed by atoms with Crippen LogP contribution in [0.25, 0.3) is 0 Å². The summed E-state index contributed by atoms with van der Waals surface area (Å²) in [5.74, 6) is -0.0461. The van der Waals surface area contributed by atoms with Gasteiger partial charge in [-0.2, -0.15) is 0 Å². The maximum Gasteiger partial charge on any atom is 0.314 e. The van der Waals surface area contributed by atoms with Crippen molar-refractivity contribution in [2.75, 3.05) is 26.2 Å². The number of primary amides is 1. The SMILES string of the molecule is CCN(CC(=O)NC1CCN(C(N)=O)C1)Cc1ccccc1Cl. The summed E-state index contributed by atoms with van der Waals surface area (Å²) in [5.41, 5.74) is 6.25. The molecule has 0 radical (unpaired) electrons. The van der Waals surface area contributed by atoms with E-state index in [-0.39, 0.29) is 11.9 Å². The molecule has 0 spiro atoms. The van der Waals surface area contributed by atoms with Crippen molar-refractivity contribution in [3.05, 3.63) is 34.9 Å². The van der Waals surface area contributed by atoms with Crippen LogP contribution < -0.4 is 11.1 Å². The second kappa shape index (κ2) is 8.17. The second-order valence-electron chi connectivity index (χ2n) is 5.73. The van der Waals surface area contributed by atoms with Gasteiger partial charge in [-0.25, -0.2) is 4.79 Å². The van der Waals surface area contributed by atoms with E-state index in [0.29, 0.717) is 31.2 Å². The molecule has 1 aliphatic heterocycles. The number of hydrogen-bond acceptors (Lipinski definition) is 3. The van der Waals surface area contributed by atoms with Crippen molar-refractivity contribution >= 4 is 23.5 Å². The standard InChI is InChI=1S/C16H23ClN4O2/c1-2-20(9-12-5-3-4-6-14(12)17)11-15(22)19-13-7-8-21(10-13)16(18)23/h3-6,13H,2,7-11H2,1H3,(H2,18,23)(H,19,22). The van der Waals surface area contributed by atoms with Gasteiger partial charge in [-0.05, 0) is 24.6 Å². The Morgan fingerprint density at radius 2 is 2.17 bits per heavy atom. The van der Waals surface area contributed by atoms with E-state index in [1.807, 2.05) is 36.1 Å². The molecule has 3 N–H and O–H groups in total. The lowest BCUT2D eigenvalue weighted by Crippen LogP contribution is -2.44. The number of likely N-dealkylation sites (N-methyl/N-ethyl adjacent to an activating group) is 1. The topological polar surface area (TPSA) is 78.7 Å². The second-order valence-corrected chi connectivity index (χ2v) is 6.14. The van der Waals surface area contributed by atoms with Crippen LogP contribution in [0.5, 0.6) is 0 Å². The first kappa shape index (κ1) is 17.6. The molecule has 126 valence electrons. The Kier molecular flexibility index (Phi) is 6.24. The number of likely N-dealkylation sites (tertiary alicyclic amines) is 1. The largest absolute Gasteiger partial charge is 0.351 e. The average molecular weight is 339 g/mol. The zero-order valence-corrected chi connectivity index (χ0v) is 14.1. The van der Waals surface area contributed by atoms with Crippen LogP contribution in [-0.4, -0.2) is 54.0 Å². The quantitative estimate of drug-likeness (QED) is 0.823. The van der Waals surface area contributed by atoms with Crippen LogP contribution in [0.2, 0.25) is 5.02 Å². The van der Waals surface area contributed by atoms with E-state index in [1.54, 1.807) is 4.90 Å². The Labute approximate surface area is 141 Å². The minimum absolute atomic E-state index is 0.0194. The van der Waals surface area contributed by atoms with Crippen LogP contribution in [0.1, 0.15) is 18.9 Å². The molecule has 1 fully saturated rings. The van der Waals surface area contributed by atoms with Gasteiger partial charge >= 0.3 is 6.03 Å². The Morgan fingerprint density at radius 3 is 2.78 bits per heavy atom. The lowest BCUT2D eigenvalue weighted by molar-refractivity contribution is -0.123. The van der Waals surface area contributed by atoms with Gasteiger partial charge in [0.25, 0.3) is 0 Å². The van der Waals surface area contributed by atoms with Crippen molar-refractivity contribution in [3.8, 4) is 0 Å². The average Bonchev–Trinajstić information content (AvgIpc) is 2.97. The summed E-state index contributed by atoms with van der Waals surface area (Å²) in [6.07, 6.45) is 0.741. The smallest absolute Gasteiger partial charge is 0.314 e. The fraction of sp³-hybridized carbons (Fsp3) is 0.500. The highest BCUT2D eigenvalue weighted by molar-refractivity contribution is 6.31. The van der Waals surface area contributed by atoms with Gasteiger partial charge in [-0.3, -0.25) is 9.69 Å². The summed E-state index contributed by atoms with van der Waals surface area (Å²) in [7, 11) is 0. The molecule has 0 aromatic heterocycles. The number of amides is 3. The molecule has 0 saturated carbocycles. The van der Waals surface area contributed by atoms with Crippen LogP contribution in [0.4, 0.5) is 4.79 Å². The third-order valence-electron chi connectivity index (χ3n) is 4.03. The highest BCUT2D eigenvalue weighted by Crippen LogP contribution is 2.17. The van der Waals surface area contributed by atoms with Gasteiger partial charge in [0.15, 0.2) is 0 Å². The number of halogens is 1. The van der Waals surface area contributed by atoms with Crippen LogP contribution in [-0.2, 0) is 11.3 Å². The fourth-order valence-corrected chi connectivity index (χ4v) is 2.90. The van der Waals surface area contributed by atoms with Crippen LogP contribution in [0.3, 0.4) is 0 Å². The Hall–Kier alpha value is -1.79. The first-order valence-electron chi connectivity index (χ1n) is 7.79. The molecule has 0 bridgehead atoms. The van der Waals surface area contributed by atoms with Crippen molar-refractivity contribution in [2.45, 2.75) is 25.9 Å². The van der Waals surface area contributed by atoms with Gasteiger partial charge in [-0.1, -0.05) is 36.7 Å². The minimum atomic E-state index is -0.435. The van der Waals surface area contributed by atoms with E-state index < -0.39 is 6.03 Å². The molecule has 6 nitrogen and oxygen atoms in total. The zero-order valence-electron chi connectivity index (χ0n) is 13.3. The number of hydrogen-bond donors (Lipinski definition) is 2. The predicted octanol–water partition coefficient (Wildman–Crippen LogP) is 1.43. The molecule has 1 saturated heterocycles. The molecule has 1 unspecified atom stereocenters. The lowest BCUT2D eigenvalue weighted by Gasteiger charge is -2.22. The van der Waals surface area contributed by atoms with Gasteiger partial charge in [-0.15, -0.1) is 0 Å². The molecular weight excluding hydrogens is 316 g/mol. The third-order valence-corrected chi connectivity index (χ3v) is 4.40. The van der Waals surface area contributed by atoms with Crippen molar-refractivity contribution in [3.63, 3.8) is 0 Å². The molecule has 23 heavy (non-hydrogen) atoms. The normalized spacial score (nSPS) is 17.5. The maximum atomic E-state index is 12.2. The number of nitrogens with two attached hydrogens (primary N) is 1. The number of urea groups is 1. The molecule has 1 aliphatic rings. The number of rotatable bonds is 6. The zero-order chi connectivity index (χ0) is 16.8. The summed E-state index contributed by atoms with van der Waals surface area (Å²) >= 11 is 6.17. The number of nitrogens with one attached hydrogen (secondary N) is 1. The molecule has 1 heterocycles. The third kappa shape index (κ3) is 5.11. The maximum absolute atomic E-state index is 12.2. The first-order valence-corrected chi connectivity index (χ1v) is 8.17. The van der Waals surface area contributed by atoms with Crippen molar-refractivity contribution in [1.29, 1.82) is 0 Å². The van der Waals surface area contributed by atoms with Crippen molar-refractivity contribution in [1.82, 2.24) is 15.1 Å². The van der Waals surface area contributed by atoms with E-state index in [0.717, 1.165) is 18.5 Å². The Morgan fingerprint density at radius 1 is 1.43 bits per heavy atom. The monoisotopic (exact) mass is 338 g/mol. The Balaban J connectivity index is 1.83. The molecule has 2 rings (SSSR count). The highest BCUT2D eigenvalue weighted by atomic mass is 35.5. The molecule has 7 heteroatoms. The number of benzene rings is 1. The number of nitrogens with zero attached hydrogens (tertiary/aromatic N) is 2. The van der Waals surface area contributed by atoms with Crippen LogP contribution in [0.15, 0.2) is 24.3 Å². The minimum Gasteiger partial charge on any atom is -0.351 e. The van der Waals surface area contributed by atoms with Crippen molar-refractivity contribution in [2.24, 2.45) is 5.73 Å². The molecule has 1 aromatic carbocycles. The van der Waals surface area contributed by atoms with Gasteiger partial charge in [0.05, 0.1) is 6.54 Å².